The topological polar surface area (TPSA) is 55.5 Å². The first kappa shape index (κ1) is 12.5. The quantitative estimate of drug-likeness (QED) is 0.812. The van der Waals surface area contributed by atoms with Crippen molar-refractivity contribution >= 4 is 5.69 Å². The minimum atomic E-state index is 0.0614. The van der Waals surface area contributed by atoms with E-state index < -0.39 is 0 Å². The molecule has 0 radical (unpaired) electrons. The summed E-state index contributed by atoms with van der Waals surface area (Å²) in [5, 5.41) is 8.96. The normalized spacial score (nSPS) is 10.3. The zero-order valence-corrected chi connectivity index (χ0v) is 10.4. The average molecular weight is 243 g/mol. The number of nitrogen functional groups attached to an aromatic ring is 1. The largest absolute Gasteiger partial charge is 0.486 e. The number of rotatable bonds is 4. The smallest absolute Gasteiger partial charge is 0.145 e. The van der Waals surface area contributed by atoms with Crippen molar-refractivity contribution in [3.05, 3.63) is 59.2 Å². The van der Waals surface area contributed by atoms with Gasteiger partial charge in [-0.2, -0.15) is 0 Å². The minimum Gasteiger partial charge on any atom is -0.486 e. The maximum Gasteiger partial charge on any atom is 0.145 e. The Hall–Kier alpha value is -2.00. The van der Waals surface area contributed by atoms with Gasteiger partial charge in [-0.1, -0.05) is 36.4 Å². The summed E-state index contributed by atoms with van der Waals surface area (Å²) in [6.45, 7) is 2.51. The lowest BCUT2D eigenvalue weighted by atomic mass is 10.1. The van der Waals surface area contributed by atoms with Gasteiger partial charge in [0.25, 0.3) is 0 Å². The number of aliphatic hydroxyl groups excluding tert-OH is 1. The average Bonchev–Trinajstić information content (AvgIpc) is 2.39. The fourth-order valence-corrected chi connectivity index (χ4v) is 1.77. The van der Waals surface area contributed by atoms with Gasteiger partial charge in [-0.3, -0.25) is 0 Å². The molecule has 0 amide bonds. The Kier molecular flexibility index (Phi) is 3.85. The van der Waals surface area contributed by atoms with Gasteiger partial charge in [0, 0.05) is 0 Å². The molecule has 0 saturated carbocycles. The summed E-state index contributed by atoms with van der Waals surface area (Å²) in [5.41, 5.74) is 9.51. The summed E-state index contributed by atoms with van der Waals surface area (Å²) in [5.74, 6) is 0.740. The van der Waals surface area contributed by atoms with Crippen LogP contribution < -0.4 is 10.5 Å². The molecule has 3 heteroatoms. The Labute approximate surface area is 107 Å². The molecule has 0 saturated heterocycles. The monoisotopic (exact) mass is 243 g/mol. The van der Waals surface area contributed by atoms with Crippen molar-refractivity contribution in [1.29, 1.82) is 0 Å². The van der Waals surface area contributed by atoms with Crippen molar-refractivity contribution in [2.45, 2.75) is 20.1 Å². The molecule has 0 fully saturated rings. The van der Waals surface area contributed by atoms with Crippen LogP contribution in [-0.2, 0) is 13.2 Å². The second kappa shape index (κ2) is 5.56. The lowest BCUT2D eigenvalue weighted by Gasteiger charge is -2.11. The fraction of sp³-hybridized carbons (Fsp3) is 0.200. The SMILES string of the molecule is Cc1cccc(N)c1OCc1ccc(CO)cc1. The summed E-state index contributed by atoms with van der Waals surface area (Å²) in [6.07, 6.45) is 0. The van der Waals surface area contributed by atoms with Crippen LogP contribution in [0.3, 0.4) is 0 Å². The zero-order valence-electron chi connectivity index (χ0n) is 10.4. The summed E-state index contributed by atoms with van der Waals surface area (Å²) in [6, 6.07) is 13.4. The maximum atomic E-state index is 8.96. The van der Waals surface area contributed by atoms with Crippen molar-refractivity contribution in [3.8, 4) is 5.75 Å². The first-order chi connectivity index (χ1) is 8.70. The zero-order chi connectivity index (χ0) is 13.0. The van der Waals surface area contributed by atoms with Gasteiger partial charge in [-0.15, -0.1) is 0 Å². The van der Waals surface area contributed by atoms with Crippen LogP contribution in [0.4, 0.5) is 5.69 Å². The lowest BCUT2D eigenvalue weighted by Crippen LogP contribution is -2.00. The van der Waals surface area contributed by atoms with Crippen molar-refractivity contribution in [2.24, 2.45) is 0 Å². The van der Waals surface area contributed by atoms with E-state index in [2.05, 4.69) is 0 Å². The van der Waals surface area contributed by atoms with E-state index in [0.29, 0.717) is 12.3 Å². The molecular weight excluding hydrogens is 226 g/mol. The predicted octanol–water partition coefficient (Wildman–Crippen LogP) is 2.65. The number of aryl methyl sites for hydroxylation is 1. The van der Waals surface area contributed by atoms with Crippen LogP contribution in [-0.4, -0.2) is 5.11 Å². The van der Waals surface area contributed by atoms with Crippen molar-refractivity contribution in [2.75, 3.05) is 5.73 Å². The number of para-hydroxylation sites is 1. The Morgan fingerprint density at radius 2 is 1.72 bits per heavy atom. The highest BCUT2D eigenvalue weighted by Crippen LogP contribution is 2.26. The Balaban J connectivity index is 2.06. The molecule has 0 aliphatic rings. The second-order valence-electron chi connectivity index (χ2n) is 4.26. The van der Waals surface area contributed by atoms with E-state index in [-0.39, 0.29) is 6.61 Å². The van der Waals surface area contributed by atoms with Crippen molar-refractivity contribution in [1.82, 2.24) is 0 Å². The van der Waals surface area contributed by atoms with Crippen molar-refractivity contribution in [3.63, 3.8) is 0 Å². The molecule has 2 aromatic rings. The Morgan fingerprint density at radius 1 is 1.06 bits per heavy atom. The van der Waals surface area contributed by atoms with Gasteiger partial charge in [0.05, 0.1) is 12.3 Å². The summed E-state index contributed by atoms with van der Waals surface area (Å²) < 4.78 is 5.74. The van der Waals surface area contributed by atoms with E-state index in [1.54, 1.807) is 0 Å². The number of benzene rings is 2. The number of nitrogens with two attached hydrogens (primary N) is 1. The summed E-state index contributed by atoms with van der Waals surface area (Å²) in [7, 11) is 0. The molecule has 0 spiro atoms. The Morgan fingerprint density at radius 3 is 2.33 bits per heavy atom. The fourth-order valence-electron chi connectivity index (χ4n) is 1.77. The third kappa shape index (κ3) is 2.81. The third-order valence-corrected chi connectivity index (χ3v) is 2.83. The number of aliphatic hydroxyl groups is 1. The highest BCUT2D eigenvalue weighted by atomic mass is 16.5. The van der Waals surface area contributed by atoms with Crippen LogP contribution in [0.1, 0.15) is 16.7 Å². The number of anilines is 1. The van der Waals surface area contributed by atoms with Gasteiger partial charge in [-0.25, -0.2) is 0 Å². The predicted molar refractivity (Wildman–Crippen MR) is 72.3 cm³/mol. The molecule has 3 nitrogen and oxygen atoms in total. The molecule has 94 valence electrons. The maximum absolute atomic E-state index is 8.96. The molecule has 0 heterocycles. The number of ether oxygens (including phenoxy) is 1. The third-order valence-electron chi connectivity index (χ3n) is 2.83. The highest BCUT2D eigenvalue weighted by Gasteiger charge is 2.04. The van der Waals surface area contributed by atoms with Crippen LogP contribution in [0, 0.1) is 6.92 Å². The molecule has 0 aromatic heterocycles. The second-order valence-corrected chi connectivity index (χ2v) is 4.26. The molecule has 0 bridgehead atoms. The van der Waals surface area contributed by atoms with Crippen LogP contribution >= 0.6 is 0 Å². The van der Waals surface area contributed by atoms with Gasteiger partial charge in [0.2, 0.25) is 0 Å². The molecule has 0 unspecified atom stereocenters. The highest BCUT2D eigenvalue weighted by molar-refractivity contribution is 5.56. The molecule has 0 atom stereocenters. The van der Waals surface area contributed by atoms with Crippen LogP contribution in [0.5, 0.6) is 5.75 Å². The molecule has 18 heavy (non-hydrogen) atoms. The van der Waals surface area contributed by atoms with Gasteiger partial charge >= 0.3 is 0 Å². The van der Waals surface area contributed by atoms with E-state index in [9.17, 15) is 0 Å². The molecular formula is C15H17NO2. The molecule has 0 aliphatic heterocycles. The van der Waals surface area contributed by atoms with Gasteiger partial charge in [0.15, 0.2) is 0 Å². The van der Waals surface area contributed by atoms with E-state index in [1.165, 1.54) is 0 Å². The van der Waals surface area contributed by atoms with Gasteiger partial charge in [0.1, 0.15) is 12.4 Å². The summed E-state index contributed by atoms with van der Waals surface area (Å²) >= 11 is 0. The first-order valence-corrected chi connectivity index (χ1v) is 5.87. The van der Waals surface area contributed by atoms with Crippen LogP contribution in [0.2, 0.25) is 0 Å². The minimum absolute atomic E-state index is 0.0614. The van der Waals surface area contributed by atoms with Crippen LogP contribution in [0.15, 0.2) is 42.5 Å². The number of hydrogen-bond donors (Lipinski definition) is 2. The van der Waals surface area contributed by atoms with Crippen molar-refractivity contribution < 1.29 is 9.84 Å². The van der Waals surface area contributed by atoms with E-state index >= 15 is 0 Å². The van der Waals surface area contributed by atoms with Gasteiger partial charge < -0.3 is 15.6 Å². The molecule has 0 aliphatic carbocycles. The first-order valence-electron chi connectivity index (χ1n) is 5.87. The molecule has 3 N–H and O–H groups in total. The Bertz CT molecular complexity index is 500. The van der Waals surface area contributed by atoms with Gasteiger partial charge in [-0.05, 0) is 29.7 Å². The van der Waals surface area contributed by atoms with E-state index in [4.69, 9.17) is 15.6 Å². The lowest BCUT2D eigenvalue weighted by molar-refractivity contribution is 0.281. The van der Waals surface area contributed by atoms with Crippen LogP contribution in [0.25, 0.3) is 0 Å². The van der Waals surface area contributed by atoms with E-state index in [1.807, 2.05) is 49.4 Å². The molecule has 2 aromatic carbocycles. The van der Waals surface area contributed by atoms with E-state index in [0.717, 1.165) is 22.4 Å². The molecule has 2 rings (SSSR count). The summed E-state index contributed by atoms with van der Waals surface area (Å²) in [4.78, 5) is 0. The number of hydrogen-bond acceptors (Lipinski definition) is 3. The standard InChI is InChI=1S/C15H17NO2/c1-11-3-2-4-14(16)15(11)18-10-13-7-5-12(9-17)6-8-13/h2-8,17H,9-10,16H2,1H3.